The molecule has 2 rings (SSSR count). The molecule has 0 aromatic heterocycles. The molecular formula is C20H37NO. The maximum absolute atomic E-state index is 12.0. The Balaban J connectivity index is 1.37. The van der Waals surface area contributed by atoms with Crippen LogP contribution < -0.4 is 0 Å². The summed E-state index contributed by atoms with van der Waals surface area (Å²) < 4.78 is 0. The minimum atomic E-state index is 0.414. The minimum absolute atomic E-state index is 0.414. The highest BCUT2D eigenvalue weighted by atomic mass is 16.2. The van der Waals surface area contributed by atoms with E-state index >= 15 is 0 Å². The largest absolute Gasteiger partial charge is 0.343 e. The van der Waals surface area contributed by atoms with E-state index in [-0.39, 0.29) is 0 Å². The van der Waals surface area contributed by atoms with Crippen LogP contribution in [-0.2, 0) is 4.79 Å². The van der Waals surface area contributed by atoms with Gasteiger partial charge in [-0.25, -0.2) is 0 Å². The standard InChI is InChI=1S/C20H37NO/c22-20(21-17-11-6-12-18-21)16-10-4-2-1-3-7-13-19-14-8-5-9-15-19/h19H,1-18H2. The second-order valence-corrected chi connectivity index (χ2v) is 7.61. The molecule has 0 unspecified atom stereocenters. The van der Waals surface area contributed by atoms with Gasteiger partial charge in [-0.2, -0.15) is 0 Å². The van der Waals surface area contributed by atoms with Gasteiger partial charge in [-0.05, 0) is 31.6 Å². The summed E-state index contributed by atoms with van der Waals surface area (Å²) in [6.45, 7) is 2.03. The van der Waals surface area contributed by atoms with Crippen molar-refractivity contribution in [3.8, 4) is 0 Å². The van der Waals surface area contributed by atoms with Gasteiger partial charge in [-0.3, -0.25) is 4.79 Å². The van der Waals surface area contributed by atoms with Gasteiger partial charge in [0.25, 0.3) is 0 Å². The summed E-state index contributed by atoms with van der Waals surface area (Å²) >= 11 is 0. The zero-order valence-electron chi connectivity index (χ0n) is 14.7. The highest BCUT2D eigenvalue weighted by Crippen LogP contribution is 2.28. The van der Waals surface area contributed by atoms with E-state index in [1.165, 1.54) is 89.9 Å². The molecule has 0 radical (unpaired) electrons. The Bertz CT molecular complexity index is 290. The zero-order chi connectivity index (χ0) is 15.5. The highest BCUT2D eigenvalue weighted by molar-refractivity contribution is 5.76. The fourth-order valence-electron chi connectivity index (χ4n) is 4.19. The number of hydrogen-bond acceptors (Lipinski definition) is 1. The molecule has 2 nitrogen and oxygen atoms in total. The van der Waals surface area contributed by atoms with Gasteiger partial charge in [-0.15, -0.1) is 0 Å². The quantitative estimate of drug-likeness (QED) is 0.500. The summed E-state index contributed by atoms with van der Waals surface area (Å²) in [5, 5.41) is 0. The van der Waals surface area contributed by atoms with E-state index < -0.39 is 0 Å². The number of unbranched alkanes of at least 4 members (excludes halogenated alkanes) is 5. The van der Waals surface area contributed by atoms with Crippen LogP contribution in [0, 0.1) is 5.92 Å². The van der Waals surface area contributed by atoms with Crippen LogP contribution in [0.25, 0.3) is 0 Å². The molecule has 1 aliphatic carbocycles. The van der Waals surface area contributed by atoms with E-state index in [1.54, 1.807) is 0 Å². The first kappa shape index (κ1) is 17.8. The minimum Gasteiger partial charge on any atom is -0.343 e. The second-order valence-electron chi connectivity index (χ2n) is 7.61. The highest BCUT2D eigenvalue weighted by Gasteiger charge is 2.15. The van der Waals surface area contributed by atoms with Crippen LogP contribution >= 0.6 is 0 Å². The molecule has 22 heavy (non-hydrogen) atoms. The summed E-state index contributed by atoms with van der Waals surface area (Å²) in [6, 6.07) is 0. The molecule has 2 heteroatoms. The summed E-state index contributed by atoms with van der Waals surface area (Å²) in [6.07, 6.45) is 21.4. The van der Waals surface area contributed by atoms with Gasteiger partial charge in [0.1, 0.15) is 0 Å². The summed E-state index contributed by atoms with van der Waals surface area (Å²) in [4.78, 5) is 14.1. The van der Waals surface area contributed by atoms with Crippen molar-refractivity contribution in [3.05, 3.63) is 0 Å². The van der Waals surface area contributed by atoms with Crippen molar-refractivity contribution in [1.82, 2.24) is 4.90 Å². The predicted molar refractivity (Wildman–Crippen MR) is 93.9 cm³/mol. The van der Waals surface area contributed by atoms with Crippen LogP contribution in [0.4, 0.5) is 0 Å². The normalized spacial score (nSPS) is 20.3. The molecule has 1 amide bonds. The SMILES string of the molecule is O=C(CCCCCCCCC1CCCCC1)N1CCCCC1. The molecule has 0 aromatic rings. The molecule has 0 aromatic carbocycles. The van der Waals surface area contributed by atoms with E-state index in [0.29, 0.717) is 5.91 Å². The molecule has 0 atom stereocenters. The van der Waals surface area contributed by atoms with Crippen LogP contribution in [0.15, 0.2) is 0 Å². The summed E-state index contributed by atoms with van der Waals surface area (Å²) in [5.74, 6) is 1.47. The van der Waals surface area contributed by atoms with Gasteiger partial charge in [0.15, 0.2) is 0 Å². The number of carbonyl (C=O) groups is 1. The van der Waals surface area contributed by atoms with Crippen LogP contribution in [-0.4, -0.2) is 23.9 Å². The fraction of sp³-hybridized carbons (Fsp3) is 0.950. The van der Waals surface area contributed by atoms with Crippen LogP contribution in [0.2, 0.25) is 0 Å². The zero-order valence-corrected chi connectivity index (χ0v) is 14.7. The first-order valence-electron chi connectivity index (χ1n) is 10.1. The maximum atomic E-state index is 12.0. The Labute approximate surface area is 138 Å². The average Bonchev–Trinajstić information content (AvgIpc) is 2.59. The molecule has 2 aliphatic rings. The number of nitrogens with zero attached hydrogens (tertiary/aromatic N) is 1. The van der Waals surface area contributed by atoms with Crippen LogP contribution in [0.5, 0.6) is 0 Å². The van der Waals surface area contributed by atoms with Crippen LogP contribution in [0.1, 0.15) is 103 Å². The third-order valence-corrected chi connectivity index (χ3v) is 5.69. The molecule has 1 saturated heterocycles. The Kier molecular flexibility index (Phi) is 8.97. The molecule has 0 spiro atoms. The number of hydrogen-bond donors (Lipinski definition) is 0. The van der Waals surface area contributed by atoms with Crippen molar-refractivity contribution in [2.45, 2.75) is 103 Å². The average molecular weight is 308 g/mol. The van der Waals surface area contributed by atoms with E-state index in [4.69, 9.17) is 0 Å². The molecule has 2 fully saturated rings. The Morgan fingerprint density at radius 2 is 1.32 bits per heavy atom. The van der Waals surface area contributed by atoms with Gasteiger partial charge in [0.05, 0.1) is 0 Å². The molecule has 0 bridgehead atoms. The molecular weight excluding hydrogens is 270 g/mol. The molecule has 128 valence electrons. The molecule has 0 N–H and O–H groups in total. The Hall–Kier alpha value is -0.530. The van der Waals surface area contributed by atoms with Crippen molar-refractivity contribution >= 4 is 5.91 Å². The number of rotatable bonds is 9. The molecule has 1 heterocycles. The lowest BCUT2D eigenvalue weighted by molar-refractivity contribution is -0.132. The van der Waals surface area contributed by atoms with Gasteiger partial charge in [-0.1, -0.05) is 70.6 Å². The number of carbonyl (C=O) groups excluding carboxylic acids is 1. The van der Waals surface area contributed by atoms with Crippen molar-refractivity contribution in [3.63, 3.8) is 0 Å². The summed E-state index contributed by atoms with van der Waals surface area (Å²) in [5.41, 5.74) is 0. The van der Waals surface area contributed by atoms with Crippen molar-refractivity contribution < 1.29 is 4.79 Å². The van der Waals surface area contributed by atoms with E-state index in [0.717, 1.165) is 31.8 Å². The second kappa shape index (κ2) is 11.1. The smallest absolute Gasteiger partial charge is 0.222 e. The third kappa shape index (κ3) is 7.15. The first-order chi connectivity index (χ1) is 10.9. The van der Waals surface area contributed by atoms with Crippen molar-refractivity contribution in [2.75, 3.05) is 13.1 Å². The Morgan fingerprint density at radius 1 is 0.727 bits per heavy atom. The van der Waals surface area contributed by atoms with Gasteiger partial charge in [0.2, 0.25) is 5.91 Å². The number of piperidine rings is 1. The lowest BCUT2D eigenvalue weighted by Crippen LogP contribution is -2.35. The molecule has 1 saturated carbocycles. The van der Waals surface area contributed by atoms with Crippen LogP contribution in [0.3, 0.4) is 0 Å². The first-order valence-corrected chi connectivity index (χ1v) is 10.1. The number of amides is 1. The predicted octanol–water partition coefficient (Wildman–Crippen LogP) is 5.70. The molecule has 1 aliphatic heterocycles. The fourth-order valence-corrected chi connectivity index (χ4v) is 4.19. The topological polar surface area (TPSA) is 20.3 Å². The number of likely N-dealkylation sites (tertiary alicyclic amines) is 1. The maximum Gasteiger partial charge on any atom is 0.222 e. The van der Waals surface area contributed by atoms with E-state index in [9.17, 15) is 4.79 Å². The van der Waals surface area contributed by atoms with E-state index in [2.05, 4.69) is 4.90 Å². The third-order valence-electron chi connectivity index (χ3n) is 5.69. The van der Waals surface area contributed by atoms with Crippen molar-refractivity contribution in [2.24, 2.45) is 5.92 Å². The van der Waals surface area contributed by atoms with Gasteiger partial charge < -0.3 is 4.90 Å². The Morgan fingerprint density at radius 3 is 2.05 bits per heavy atom. The lowest BCUT2D eigenvalue weighted by atomic mass is 9.85. The van der Waals surface area contributed by atoms with E-state index in [1.807, 2.05) is 0 Å². The van der Waals surface area contributed by atoms with Gasteiger partial charge in [0, 0.05) is 19.5 Å². The van der Waals surface area contributed by atoms with Crippen molar-refractivity contribution in [1.29, 1.82) is 0 Å². The summed E-state index contributed by atoms with van der Waals surface area (Å²) in [7, 11) is 0. The monoisotopic (exact) mass is 307 g/mol. The lowest BCUT2D eigenvalue weighted by Gasteiger charge is -2.26. The van der Waals surface area contributed by atoms with Gasteiger partial charge >= 0.3 is 0 Å².